The molecule has 0 unspecified atom stereocenters. The first-order chi connectivity index (χ1) is 24.6. The van der Waals surface area contributed by atoms with E-state index in [1.54, 1.807) is 0 Å². The van der Waals surface area contributed by atoms with E-state index < -0.39 is 88.0 Å². The van der Waals surface area contributed by atoms with Gasteiger partial charge in [0.2, 0.25) is 0 Å². The molecule has 19 nitrogen and oxygen atoms in total. The van der Waals surface area contributed by atoms with Crippen LogP contribution in [0.2, 0.25) is 0 Å². The zero-order valence-corrected chi connectivity index (χ0v) is 29.2. The summed E-state index contributed by atoms with van der Waals surface area (Å²) in [6.07, 6.45) is 0. The fourth-order valence-electron chi connectivity index (χ4n) is 5.34. The average Bonchev–Trinajstić information content (AvgIpc) is 3.06. The molecule has 0 saturated carbocycles. The highest BCUT2D eigenvalue weighted by Gasteiger charge is 2.26. The predicted octanol–water partition coefficient (Wildman–Crippen LogP) is 5.96. The number of fused-ring (bicyclic) bond motifs is 3. The van der Waals surface area contributed by atoms with Crippen LogP contribution >= 0.6 is 0 Å². The maximum atomic E-state index is 12.1. The maximum Gasteiger partial charge on any atom is 0.298 e. The molecule has 6 aromatic rings. The monoisotopic (exact) mass is 803 g/mol. The number of rotatable bonds is 8. The lowest BCUT2D eigenvalue weighted by atomic mass is 10.1. The molecule has 0 aliphatic heterocycles. The van der Waals surface area contributed by atoms with Crippen LogP contribution in [-0.4, -0.2) is 62.1 Å². The summed E-state index contributed by atoms with van der Waals surface area (Å²) < 4.78 is 134. The van der Waals surface area contributed by atoms with E-state index in [-0.39, 0.29) is 38.9 Å². The highest BCUT2D eigenvalue weighted by Crippen LogP contribution is 2.46. The van der Waals surface area contributed by atoms with Gasteiger partial charge in [0.05, 0.1) is 37.9 Å². The Morgan fingerprint density at radius 1 is 0.415 bits per heavy atom. The molecule has 274 valence electrons. The first kappa shape index (κ1) is 37.1. The fraction of sp³-hybridized carbons (Fsp3) is 0. The van der Waals surface area contributed by atoms with Crippen molar-refractivity contribution < 1.29 is 62.1 Å². The summed E-state index contributed by atoms with van der Waals surface area (Å²) in [4.78, 5) is -3.23. The van der Waals surface area contributed by atoms with Gasteiger partial charge in [-0.25, -0.2) is 0 Å². The molecule has 8 N–H and O–H groups in total. The number of benzene rings is 6. The van der Waals surface area contributed by atoms with Crippen LogP contribution in [0.25, 0.3) is 32.3 Å². The minimum Gasteiger partial charge on any atom is -0.506 e. The Balaban J connectivity index is 1.56. The number of phenols is 2. The van der Waals surface area contributed by atoms with Crippen molar-refractivity contribution in [2.75, 3.05) is 5.73 Å². The van der Waals surface area contributed by atoms with E-state index in [0.717, 1.165) is 30.3 Å². The van der Waals surface area contributed by atoms with Crippen LogP contribution in [0.3, 0.4) is 0 Å². The number of aromatic hydroxyl groups is 2. The van der Waals surface area contributed by atoms with Crippen molar-refractivity contribution in [3.05, 3.63) is 78.9 Å². The van der Waals surface area contributed by atoms with Crippen molar-refractivity contribution in [3.63, 3.8) is 0 Å². The molecule has 0 aromatic heterocycles. The maximum absolute atomic E-state index is 12.1. The normalized spacial score (nSPS) is 13.2. The third-order valence-corrected chi connectivity index (χ3v) is 11.2. The van der Waals surface area contributed by atoms with Gasteiger partial charge in [-0.05, 0) is 66.7 Å². The standard InChI is InChI=1S/C30H21N5O14S4/c31-21-6-7-23(19-11-14(50(38,39)40)1-3-16(19)21)33-32-22-8-9-24(20-12-15(51(41,42)43)2-4-17(20)22)34-35-25-13-27(53(47,48)49)29(36)18-5-10-26(52(44,45)46)30(37)28(18)25/h1-13,36-37H,31H2,(H,38,39,40)(H,41,42,43)(H,44,45,46)(H,47,48,49). The summed E-state index contributed by atoms with van der Waals surface area (Å²) in [6, 6.07) is 14.3. The van der Waals surface area contributed by atoms with Crippen LogP contribution in [0.15, 0.2) is 119 Å². The molecule has 53 heavy (non-hydrogen) atoms. The zero-order chi connectivity index (χ0) is 38.8. The molecule has 6 aromatic carbocycles. The van der Waals surface area contributed by atoms with Crippen molar-refractivity contribution in [1.82, 2.24) is 0 Å². The van der Waals surface area contributed by atoms with Crippen molar-refractivity contribution in [2.24, 2.45) is 20.5 Å². The lowest BCUT2D eigenvalue weighted by Crippen LogP contribution is -2.01. The Morgan fingerprint density at radius 3 is 1.36 bits per heavy atom. The van der Waals surface area contributed by atoms with Crippen LogP contribution in [0.1, 0.15) is 0 Å². The first-order valence-corrected chi connectivity index (χ1v) is 20.0. The zero-order valence-electron chi connectivity index (χ0n) is 26.0. The number of hydrogen-bond acceptors (Lipinski definition) is 15. The summed E-state index contributed by atoms with van der Waals surface area (Å²) in [6.45, 7) is 0. The molecule has 0 spiro atoms. The van der Waals surface area contributed by atoms with E-state index in [0.29, 0.717) is 17.5 Å². The van der Waals surface area contributed by atoms with Crippen LogP contribution < -0.4 is 5.73 Å². The third-order valence-electron chi connectivity index (χ3n) is 7.78. The van der Waals surface area contributed by atoms with Gasteiger partial charge in [0.25, 0.3) is 40.5 Å². The Bertz CT molecular complexity index is 3100. The second kappa shape index (κ2) is 12.8. The van der Waals surface area contributed by atoms with Gasteiger partial charge in [0.15, 0.2) is 0 Å². The quantitative estimate of drug-likeness (QED) is 0.0530. The lowest BCUT2D eigenvalue weighted by molar-refractivity contribution is 0.441. The largest absolute Gasteiger partial charge is 0.506 e. The summed E-state index contributed by atoms with van der Waals surface area (Å²) in [5, 5.41) is 37.1. The lowest BCUT2D eigenvalue weighted by Gasteiger charge is -2.12. The Kier molecular flexibility index (Phi) is 8.95. The van der Waals surface area contributed by atoms with E-state index in [1.807, 2.05) is 0 Å². The van der Waals surface area contributed by atoms with E-state index >= 15 is 0 Å². The van der Waals surface area contributed by atoms with E-state index in [4.69, 9.17) is 5.73 Å². The van der Waals surface area contributed by atoms with Gasteiger partial charge in [-0.15, -0.1) is 20.5 Å². The molecule has 0 fully saturated rings. The van der Waals surface area contributed by atoms with Gasteiger partial charge in [0, 0.05) is 32.6 Å². The second-order valence-corrected chi connectivity index (χ2v) is 16.7. The summed E-state index contributed by atoms with van der Waals surface area (Å²) in [7, 11) is -19.7. The topological polar surface area (TPSA) is 333 Å². The number of nitrogen functional groups attached to an aromatic ring is 1. The van der Waals surface area contributed by atoms with Crippen molar-refractivity contribution in [3.8, 4) is 11.5 Å². The Morgan fingerprint density at radius 2 is 0.849 bits per heavy atom. The van der Waals surface area contributed by atoms with Crippen molar-refractivity contribution >= 4 is 101 Å². The number of anilines is 1. The Labute approximate surface area is 298 Å². The fourth-order valence-corrected chi connectivity index (χ4v) is 7.55. The van der Waals surface area contributed by atoms with Crippen LogP contribution in [0.4, 0.5) is 28.4 Å². The molecule has 0 aliphatic rings. The van der Waals surface area contributed by atoms with Gasteiger partial charge >= 0.3 is 0 Å². The van der Waals surface area contributed by atoms with Crippen LogP contribution in [0.5, 0.6) is 11.5 Å². The number of nitrogens with zero attached hydrogens (tertiary/aromatic N) is 4. The Hall–Kier alpha value is -5.66. The molecule has 0 amide bonds. The van der Waals surface area contributed by atoms with Gasteiger partial charge in [-0.1, -0.05) is 12.1 Å². The molecule has 0 radical (unpaired) electrons. The highest BCUT2D eigenvalue weighted by atomic mass is 32.2. The minimum atomic E-state index is -5.17. The SMILES string of the molecule is Nc1ccc(N=Nc2ccc(N=Nc3cc(S(=O)(=O)O)c(O)c4ccc(S(=O)(=O)O)c(O)c34)c3cc(S(=O)(=O)O)ccc23)c2cc(S(=O)(=O)O)ccc12. The average molecular weight is 804 g/mol. The molecule has 23 heteroatoms. The van der Waals surface area contributed by atoms with Gasteiger partial charge < -0.3 is 15.9 Å². The minimum absolute atomic E-state index is 0.0518. The van der Waals surface area contributed by atoms with Gasteiger partial charge in [-0.3, -0.25) is 18.2 Å². The molecular formula is C30H21N5O14S4. The molecular weight excluding hydrogens is 783 g/mol. The highest BCUT2D eigenvalue weighted by molar-refractivity contribution is 7.86. The number of azo groups is 2. The third kappa shape index (κ3) is 7.09. The molecule has 0 bridgehead atoms. The molecule has 0 saturated heterocycles. The summed E-state index contributed by atoms with van der Waals surface area (Å²) >= 11 is 0. The van der Waals surface area contributed by atoms with E-state index in [1.165, 1.54) is 36.4 Å². The number of nitrogens with two attached hydrogens (primary N) is 1. The van der Waals surface area contributed by atoms with Crippen LogP contribution in [-0.2, 0) is 40.5 Å². The molecule has 0 atom stereocenters. The van der Waals surface area contributed by atoms with Crippen molar-refractivity contribution in [2.45, 2.75) is 19.6 Å². The molecule has 0 aliphatic carbocycles. The van der Waals surface area contributed by atoms with E-state index in [9.17, 15) is 62.1 Å². The summed E-state index contributed by atoms with van der Waals surface area (Å²) in [5.41, 5.74) is 5.58. The smallest absolute Gasteiger partial charge is 0.298 e. The predicted molar refractivity (Wildman–Crippen MR) is 187 cm³/mol. The van der Waals surface area contributed by atoms with Crippen molar-refractivity contribution in [1.29, 1.82) is 0 Å². The van der Waals surface area contributed by atoms with Gasteiger partial charge in [0.1, 0.15) is 21.3 Å². The van der Waals surface area contributed by atoms with Crippen LogP contribution in [0, 0.1) is 0 Å². The van der Waals surface area contributed by atoms with E-state index in [2.05, 4.69) is 20.5 Å². The molecule has 0 heterocycles. The number of phenolic OH excluding ortho intramolecular Hbond substituents is 2. The number of hydrogen-bond donors (Lipinski definition) is 7. The molecule has 6 rings (SSSR count). The summed E-state index contributed by atoms with van der Waals surface area (Å²) in [5.74, 6) is -2.29. The first-order valence-electron chi connectivity index (χ1n) is 14.2. The second-order valence-electron chi connectivity index (χ2n) is 11.1. The van der Waals surface area contributed by atoms with Gasteiger partial charge in [-0.2, -0.15) is 33.7 Å².